The van der Waals surface area contributed by atoms with Crippen molar-refractivity contribution in [3.8, 4) is 0 Å². The van der Waals surface area contributed by atoms with Crippen LogP contribution in [0.1, 0.15) is 16.9 Å². The molecule has 0 saturated carbocycles. The van der Waals surface area contributed by atoms with E-state index in [2.05, 4.69) is 5.32 Å². The molecule has 140 valence electrons. The van der Waals surface area contributed by atoms with Crippen LogP contribution in [-0.2, 0) is 15.6 Å². The summed E-state index contributed by atoms with van der Waals surface area (Å²) >= 11 is 5.85. The van der Waals surface area contributed by atoms with Crippen LogP contribution in [0.2, 0.25) is 0 Å². The van der Waals surface area contributed by atoms with E-state index in [0.29, 0.717) is 11.8 Å². The lowest BCUT2D eigenvalue weighted by molar-refractivity contribution is 0.329. The first-order valence-corrected chi connectivity index (χ1v) is 11.1. The van der Waals surface area contributed by atoms with Gasteiger partial charge in [-0.25, -0.2) is 0 Å². The van der Waals surface area contributed by atoms with Crippen molar-refractivity contribution in [2.75, 3.05) is 12.5 Å². The second-order valence-corrected chi connectivity index (χ2v) is 9.00. The van der Waals surface area contributed by atoms with Crippen molar-refractivity contribution in [2.24, 2.45) is 0 Å². The van der Waals surface area contributed by atoms with E-state index in [4.69, 9.17) is 16.1 Å². The van der Waals surface area contributed by atoms with Gasteiger partial charge in [-0.2, -0.15) is 0 Å². The fraction of sp³-hybridized carbons (Fsp3) is 0.182. The van der Waals surface area contributed by atoms with Crippen molar-refractivity contribution in [3.05, 3.63) is 102 Å². The van der Waals surface area contributed by atoms with Crippen molar-refractivity contribution >= 4 is 24.3 Å². The topological polar surface area (TPSA) is 38.3 Å². The summed E-state index contributed by atoms with van der Waals surface area (Å²) in [5.41, 5.74) is 2.05. The summed E-state index contributed by atoms with van der Waals surface area (Å²) in [5.74, 6) is -0.179. The van der Waals surface area contributed by atoms with E-state index >= 15 is 0 Å². The van der Waals surface area contributed by atoms with Gasteiger partial charge in [-0.05, 0) is 23.3 Å². The summed E-state index contributed by atoms with van der Waals surface area (Å²) in [6, 6.07) is 29.2. The van der Waals surface area contributed by atoms with Crippen LogP contribution in [0.5, 0.6) is 0 Å². The maximum absolute atomic E-state index is 14.2. The standard InChI is InChI=1S/C22H23ClNO2P/c23-16-17-26-27(25,21-14-8-3-9-15-21)22(20-12-6-2-7-13-20)24-18-19-10-4-1-5-11-19/h1-15,22,24H,16-18H2. The Bertz CT molecular complexity index is 859. The maximum atomic E-state index is 14.2. The number of hydrogen-bond donors (Lipinski definition) is 1. The lowest BCUT2D eigenvalue weighted by Crippen LogP contribution is -2.27. The molecule has 0 radical (unpaired) electrons. The summed E-state index contributed by atoms with van der Waals surface area (Å²) < 4.78 is 20.1. The predicted molar refractivity (Wildman–Crippen MR) is 113 cm³/mol. The molecule has 0 aliphatic heterocycles. The minimum atomic E-state index is -3.25. The SMILES string of the molecule is O=P(OCCCl)(c1ccccc1)C(NCc1ccccc1)c1ccccc1. The lowest BCUT2D eigenvalue weighted by atomic mass is 10.2. The monoisotopic (exact) mass is 399 g/mol. The molecule has 0 heterocycles. The van der Waals surface area contributed by atoms with Gasteiger partial charge in [0.25, 0.3) is 7.37 Å². The first kappa shape index (κ1) is 19.9. The molecule has 27 heavy (non-hydrogen) atoms. The van der Waals surface area contributed by atoms with Crippen LogP contribution in [0, 0.1) is 0 Å². The van der Waals surface area contributed by atoms with Gasteiger partial charge in [-0.1, -0.05) is 78.9 Å². The Morgan fingerprint density at radius 2 is 1.41 bits per heavy atom. The van der Waals surface area contributed by atoms with Gasteiger partial charge in [-0.3, -0.25) is 9.88 Å². The minimum absolute atomic E-state index is 0.226. The lowest BCUT2D eigenvalue weighted by Gasteiger charge is -2.29. The van der Waals surface area contributed by atoms with E-state index in [1.165, 1.54) is 0 Å². The quantitative estimate of drug-likeness (QED) is 0.390. The Morgan fingerprint density at radius 1 is 0.852 bits per heavy atom. The van der Waals surface area contributed by atoms with E-state index in [-0.39, 0.29) is 12.5 Å². The van der Waals surface area contributed by atoms with E-state index < -0.39 is 13.2 Å². The maximum Gasteiger partial charge on any atom is 0.252 e. The molecular formula is C22H23ClNO2P. The fourth-order valence-electron chi connectivity index (χ4n) is 2.98. The molecule has 0 aliphatic carbocycles. The number of nitrogens with one attached hydrogen (secondary N) is 1. The van der Waals surface area contributed by atoms with Crippen LogP contribution < -0.4 is 10.6 Å². The summed E-state index contributed by atoms with van der Waals surface area (Å²) in [6.07, 6.45) is 0. The van der Waals surface area contributed by atoms with Crippen molar-refractivity contribution in [3.63, 3.8) is 0 Å². The van der Waals surface area contributed by atoms with Crippen LogP contribution in [-0.4, -0.2) is 12.5 Å². The van der Waals surface area contributed by atoms with Gasteiger partial charge in [0.2, 0.25) is 0 Å². The number of halogens is 1. The van der Waals surface area contributed by atoms with Crippen LogP contribution in [0.25, 0.3) is 0 Å². The Balaban J connectivity index is 1.98. The molecule has 3 aromatic rings. The predicted octanol–water partition coefficient (Wildman–Crippen LogP) is 5.33. The first-order chi connectivity index (χ1) is 13.2. The molecule has 0 spiro atoms. The third-order valence-electron chi connectivity index (χ3n) is 4.27. The molecule has 0 bridgehead atoms. The number of rotatable bonds is 9. The summed E-state index contributed by atoms with van der Waals surface area (Å²) in [4.78, 5) is 0. The molecule has 3 rings (SSSR count). The average Bonchev–Trinajstić information content (AvgIpc) is 2.74. The Labute approximate surface area is 165 Å². The Hall–Kier alpha value is -1.90. The smallest absolute Gasteiger partial charge is 0.252 e. The highest BCUT2D eigenvalue weighted by Gasteiger charge is 2.37. The van der Waals surface area contributed by atoms with Gasteiger partial charge in [0, 0.05) is 17.7 Å². The zero-order chi connectivity index (χ0) is 19.0. The largest absolute Gasteiger partial charge is 0.323 e. The third kappa shape index (κ3) is 5.09. The number of alkyl halides is 1. The second-order valence-electron chi connectivity index (χ2n) is 6.13. The molecule has 2 unspecified atom stereocenters. The summed E-state index contributed by atoms with van der Waals surface area (Å²) in [7, 11) is -3.25. The van der Waals surface area contributed by atoms with Crippen molar-refractivity contribution in [2.45, 2.75) is 12.3 Å². The molecular weight excluding hydrogens is 377 g/mol. The van der Waals surface area contributed by atoms with Crippen LogP contribution in [0.15, 0.2) is 91.0 Å². The Kier molecular flexibility index (Phi) is 7.25. The third-order valence-corrected chi connectivity index (χ3v) is 7.17. The van der Waals surface area contributed by atoms with Gasteiger partial charge < -0.3 is 4.52 Å². The average molecular weight is 400 g/mol. The van der Waals surface area contributed by atoms with Gasteiger partial charge in [0.05, 0.1) is 6.61 Å². The van der Waals surface area contributed by atoms with Gasteiger partial charge in [0.15, 0.2) is 0 Å². The van der Waals surface area contributed by atoms with E-state index in [1.807, 2.05) is 91.0 Å². The van der Waals surface area contributed by atoms with Crippen LogP contribution >= 0.6 is 19.0 Å². The molecule has 3 nitrogen and oxygen atoms in total. The highest BCUT2D eigenvalue weighted by atomic mass is 35.5. The van der Waals surface area contributed by atoms with E-state index in [1.54, 1.807) is 0 Å². The van der Waals surface area contributed by atoms with E-state index in [0.717, 1.165) is 11.1 Å². The van der Waals surface area contributed by atoms with Crippen LogP contribution in [0.4, 0.5) is 0 Å². The summed E-state index contributed by atoms with van der Waals surface area (Å²) in [6.45, 7) is 0.811. The molecule has 0 aliphatic rings. The van der Waals surface area contributed by atoms with Crippen LogP contribution in [0.3, 0.4) is 0 Å². The zero-order valence-electron chi connectivity index (χ0n) is 15.0. The first-order valence-electron chi connectivity index (χ1n) is 8.92. The molecule has 3 aromatic carbocycles. The Morgan fingerprint density at radius 3 is 2.00 bits per heavy atom. The number of hydrogen-bond acceptors (Lipinski definition) is 3. The van der Waals surface area contributed by atoms with Gasteiger partial charge in [0.1, 0.15) is 5.78 Å². The molecule has 1 N–H and O–H groups in total. The van der Waals surface area contributed by atoms with Gasteiger partial charge in [-0.15, -0.1) is 11.6 Å². The van der Waals surface area contributed by atoms with E-state index in [9.17, 15) is 4.57 Å². The van der Waals surface area contributed by atoms with Crippen molar-refractivity contribution in [1.82, 2.24) is 5.32 Å². The molecule has 5 heteroatoms. The van der Waals surface area contributed by atoms with Gasteiger partial charge >= 0.3 is 0 Å². The number of benzene rings is 3. The highest BCUT2D eigenvalue weighted by Crippen LogP contribution is 2.57. The molecule has 0 saturated heterocycles. The molecule has 0 amide bonds. The highest BCUT2D eigenvalue weighted by molar-refractivity contribution is 7.67. The molecule has 2 atom stereocenters. The molecule has 0 aromatic heterocycles. The van der Waals surface area contributed by atoms with Crippen molar-refractivity contribution in [1.29, 1.82) is 0 Å². The normalized spacial score (nSPS) is 14.4. The van der Waals surface area contributed by atoms with Crippen molar-refractivity contribution < 1.29 is 9.09 Å². The fourth-order valence-corrected chi connectivity index (χ4v) is 5.61. The zero-order valence-corrected chi connectivity index (χ0v) is 16.7. The molecule has 0 fully saturated rings. The summed E-state index contributed by atoms with van der Waals surface area (Å²) in [5, 5.41) is 4.15. The second kappa shape index (κ2) is 9.87. The minimum Gasteiger partial charge on any atom is -0.323 e.